The molecule has 0 saturated carbocycles. The van der Waals surface area contributed by atoms with E-state index in [0.29, 0.717) is 36.6 Å². The molecule has 0 radical (unpaired) electrons. The van der Waals surface area contributed by atoms with E-state index in [1.54, 1.807) is 32.4 Å². The molecule has 0 bridgehead atoms. The molecule has 0 aliphatic rings. The van der Waals surface area contributed by atoms with Crippen LogP contribution in [0.1, 0.15) is 31.4 Å². The highest BCUT2D eigenvalue weighted by atomic mass is 16.5. The number of aliphatic hydroxyl groups is 2. The summed E-state index contributed by atoms with van der Waals surface area (Å²) in [6.07, 6.45) is 0.455. The van der Waals surface area contributed by atoms with Gasteiger partial charge < -0.3 is 25.0 Å². The highest BCUT2D eigenvalue weighted by molar-refractivity contribution is 5.41. The molecule has 114 valence electrons. The number of benzene rings is 1. The number of ether oxygens (including phenoxy) is 2. The molecule has 0 aromatic heterocycles. The van der Waals surface area contributed by atoms with Crippen LogP contribution in [0.15, 0.2) is 18.2 Å². The van der Waals surface area contributed by atoms with Gasteiger partial charge in [0.1, 0.15) is 11.5 Å². The summed E-state index contributed by atoms with van der Waals surface area (Å²) >= 11 is 0. The van der Waals surface area contributed by atoms with Crippen LogP contribution >= 0.6 is 0 Å². The first-order valence-electron chi connectivity index (χ1n) is 6.91. The number of rotatable bonds is 9. The first-order valence-corrected chi connectivity index (χ1v) is 6.91. The van der Waals surface area contributed by atoms with E-state index in [1.807, 2.05) is 6.92 Å². The standard InChI is InChI=1S/C15H25NO4/c1-4-11(17)7-8-16-10-14(18)13-9-12(19-2)5-6-15(13)20-3/h5-6,9,11,14,16-18H,4,7-8,10H2,1-3H3. The number of aliphatic hydroxyl groups excluding tert-OH is 2. The highest BCUT2D eigenvalue weighted by Crippen LogP contribution is 2.28. The Morgan fingerprint density at radius 1 is 1.20 bits per heavy atom. The summed E-state index contributed by atoms with van der Waals surface area (Å²) in [6, 6.07) is 5.34. The van der Waals surface area contributed by atoms with Crippen LogP contribution in [0.5, 0.6) is 11.5 Å². The Balaban J connectivity index is 2.55. The Bertz CT molecular complexity index is 397. The van der Waals surface area contributed by atoms with E-state index in [9.17, 15) is 10.2 Å². The van der Waals surface area contributed by atoms with Gasteiger partial charge in [-0.25, -0.2) is 0 Å². The van der Waals surface area contributed by atoms with Gasteiger partial charge in [0.05, 0.1) is 26.4 Å². The van der Waals surface area contributed by atoms with Gasteiger partial charge in [-0.15, -0.1) is 0 Å². The average Bonchev–Trinajstić information content (AvgIpc) is 2.50. The Morgan fingerprint density at radius 3 is 2.55 bits per heavy atom. The molecule has 2 atom stereocenters. The molecule has 0 aliphatic heterocycles. The molecule has 0 heterocycles. The van der Waals surface area contributed by atoms with Crippen molar-refractivity contribution in [3.05, 3.63) is 23.8 Å². The molecule has 5 heteroatoms. The topological polar surface area (TPSA) is 71.0 Å². The summed E-state index contributed by atoms with van der Waals surface area (Å²) in [5.41, 5.74) is 0.690. The summed E-state index contributed by atoms with van der Waals surface area (Å²) in [5.74, 6) is 1.31. The van der Waals surface area contributed by atoms with Crippen molar-refractivity contribution in [1.82, 2.24) is 5.32 Å². The second-order valence-corrected chi connectivity index (χ2v) is 4.68. The van der Waals surface area contributed by atoms with Crippen molar-refractivity contribution >= 4 is 0 Å². The Hall–Kier alpha value is -1.30. The normalized spacial score (nSPS) is 13.8. The van der Waals surface area contributed by atoms with Crippen molar-refractivity contribution in [3.8, 4) is 11.5 Å². The third-order valence-electron chi connectivity index (χ3n) is 3.26. The lowest BCUT2D eigenvalue weighted by atomic mass is 10.1. The van der Waals surface area contributed by atoms with Crippen LogP contribution in [0.25, 0.3) is 0 Å². The van der Waals surface area contributed by atoms with Gasteiger partial charge in [-0.3, -0.25) is 0 Å². The number of hydrogen-bond acceptors (Lipinski definition) is 5. The lowest BCUT2D eigenvalue weighted by molar-refractivity contribution is 0.148. The lowest BCUT2D eigenvalue weighted by Crippen LogP contribution is -2.25. The summed E-state index contributed by atoms with van der Waals surface area (Å²) in [4.78, 5) is 0. The van der Waals surface area contributed by atoms with Crippen LogP contribution < -0.4 is 14.8 Å². The van der Waals surface area contributed by atoms with Crippen LogP contribution in [-0.2, 0) is 0 Å². The Labute approximate surface area is 120 Å². The quantitative estimate of drug-likeness (QED) is 0.599. The smallest absolute Gasteiger partial charge is 0.124 e. The van der Waals surface area contributed by atoms with E-state index < -0.39 is 6.10 Å². The van der Waals surface area contributed by atoms with E-state index in [2.05, 4.69) is 5.32 Å². The SMILES string of the molecule is CCC(O)CCNCC(O)c1cc(OC)ccc1OC. The number of nitrogens with one attached hydrogen (secondary N) is 1. The maximum atomic E-state index is 10.2. The van der Waals surface area contributed by atoms with E-state index in [1.165, 1.54) is 0 Å². The van der Waals surface area contributed by atoms with Gasteiger partial charge in [0.25, 0.3) is 0 Å². The molecule has 3 N–H and O–H groups in total. The van der Waals surface area contributed by atoms with Gasteiger partial charge >= 0.3 is 0 Å². The summed E-state index contributed by atoms with van der Waals surface area (Å²) in [6.45, 7) is 3.01. The van der Waals surface area contributed by atoms with Crippen LogP contribution in [0, 0.1) is 0 Å². The molecule has 5 nitrogen and oxygen atoms in total. The fourth-order valence-corrected chi connectivity index (χ4v) is 1.92. The molecule has 0 fully saturated rings. The number of methoxy groups -OCH3 is 2. The van der Waals surface area contributed by atoms with E-state index >= 15 is 0 Å². The molecule has 20 heavy (non-hydrogen) atoms. The van der Waals surface area contributed by atoms with Crippen molar-refractivity contribution in [2.45, 2.75) is 32.0 Å². The zero-order valence-corrected chi connectivity index (χ0v) is 12.4. The van der Waals surface area contributed by atoms with Crippen molar-refractivity contribution in [1.29, 1.82) is 0 Å². The fourth-order valence-electron chi connectivity index (χ4n) is 1.92. The van der Waals surface area contributed by atoms with Crippen molar-refractivity contribution in [3.63, 3.8) is 0 Å². The molecule has 0 saturated heterocycles. The third-order valence-corrected chi connectivity index (χ3v) is 3.26. The zero-order chi connectivity index (χ0) is 15.0. The van der Waals surface area contributed by atoms with Crippen molar-refractivity contribution in [2.75, 3.05) is 27.3 Å². The van der Waals surface area contributed by atoms with Crippen molar-refractivity contribution in [2.24, 2.45) is 0 Å². The van der Waals surface area contributed by atoms with Crippen molar-refractivity contribution < 1.29 is 19.7 Å². The maximum Gasteiger partial charge on any atom is 0.124 e. The van der Waals surface area contributed by atoms with Gasteiger partial charge in [-0.05, 0) is 37.6 Å². The minimum absolute atomic E-state index is 0.286. The van der Waals surface area contributed by atoms with E-state index in [-0.39, 0.29) is 6.10 Å². The lowest BCUT2D eigenvalue weighted by Gasteiger charge is -2.17. The monoisotopic (exact) mass is 283 g/mol. The fraction of sp³-hybridized carbons (Fsp3) is 0.600. The molecule has 0 amide bonds. The predicted octanol–water partition coefficient (Wildman–Crippen LogP) is 1.49. The highest BCUT2D eigenvalue weighted by Gasteiger charge is 2.14. The second kappa shape index (κ2) is 8.79. The molecule has 1 rings (SSSR count). The molecule has 0 spiro atoms. The maximum absolute atomic E-state index is 10.2. The average molecular weight is 283 g/mol. The molecule has 0 aliphatic carbocycles. The minimum atomic E-state index is -0.682. The van der Waals surface area contributed by atoms with E-state index in [0.717, 1.165) is 6.42 Å². The summed E-state index contributed by atoms with van der Waals surface area (Å²) in [7, 11) is 3.16. The first kappa shape index (κ1) is 16.8. The van der Waals surface area contributed by atoms with Gasteiger partial charge in [0, 0.05) is 12.1 Å². The van der Waals surface area contributed by atoms with Crippen LogP contribution in [0.2, 0.25) is 0 Å². The Morgan fingerprint density at radius 2 is 1.95 bits per heavy atom. The second-order valence-electron chi connectivity index (χ2n) is 4.68. The minimum Gasteiger partial charge on any atom is -0.497 e. The predicted molar refractivity (Wildman–Crippen MR) is 78.3 cm³/mol. The molecular weight excluding hydrogens is 258 g/mol. The van der Waals surface area contributed by atoms with Gasteiger partial charge in [-0.1, -0.05) is 6.92 Å². The van der Waals surface area contributed by atoms with E-state index in [4.69, 9.17) is 9.47 Å². The first-order chi connectivity index (χ1) is 9.62. The number of hydrogen-bond donors (Lipinski definition) is 3. The third kappa shape index (κ3) is 5.00. The molecule has 1 aromatic rings. The van der Waals surface area contributed by atoms with Gasteiger partial charge in [0.15, 0.2) is 0 Å². The van der Waals surface area contributed by atoms with Crippen LogP contribution in [0.3, 0.4) is 0 Å². The van der Waals surface area contributed by atoms with Gasteiger partial charge in [0.2, 0.25) is 0 Å². The molecule has 1 aromatic carbocycles. The Kier molecular flexibility index (Phi) is 7.36. The summed E-state index contributed by atoms with van der Waals surface area (Å²) < 4.78 is 10.4. The van der Waals surface area contributed by atoms with Crippen LogP contribution in [0.4, 0.5) is 0 Å². The largest absolute Gasteiger partial charge is 0.497 e. The van der Waals surface area contributed by atoms with Crippen LogP contribution in [-0.4, -0.2) is 43.6 Å². The summed E-state index contributed by atoms with van der Waals surface area (Å²) in [5, 5.41) is 22.8. The molecule has 2 unspecified atom stereocenters. The zero-order valence-electron chi connectivity index (χ0n) is 12.4. The van der Waals surface area contributed by atoms with Gasteiger partial charge in [-0.2, -0.15) is 0 Å². The molecular formula is C15H25NO4.